The van der Waals surface area contributed by atoms with Crippen LogP contribution in [-0.2, 0) is 11.2 Å². The van der Waals surface area contributed by atoms with Crippen LogP contribution in [0.4, 0.5) is 5.95 Å². The SMILES string of the molecule is C=C1Nc2nc(CCCO)nn2[C@H](c2ccc(C)o2)[C@H]1C(N)=O. The Hall–Kier alpha value is -2.61. The zero-order valence-electron chi connectivity index (χ0n) is 12.8. The van der Waals surface area contributed by atoms with Crippen LogP contribution in [0.25, 0.3) is 0 Å². The van der Waals surface area contributed by atoms with Crippen molar-refractivity contribution in [2.45, 2.75) is 25.8 Å². The third kappa shape index (κ3) is 2.72. The van der Waals surface area contributed by atoms with Gasteiger partial charge in [0, 0.05) is 18.7 Å². The minimum Gasteiger partial charge on any atom is -0.464 e. The molecule has 1 aliphatic rings. The van der Waals surface area contributed by atoms with E-state index in [1.54, 1.807) is 10.7 Å². The van der Waals surface area contributed by atoms with Gasteiger partial charge in [0.2, 0.25) is 11.9 Å². The number of hydrogen-bond donors (Lipinski definition) is 3. The van der Waals surface area contributed by atoms with Crippen molar-refractivity contribution in [1.82, 2.24) is 14.8 Å². The minimum absolute atomic E-state index is 0.0642. The molecule has 4 N–H and O–H groups in total. The number of aryl methyl sites for hydroxylation is 2. The molecule has 0 spiro atoms. The first kappa shape index (κ1) is 15.3. The normalized spacial score (nSPS) is 20.2. The Bertz CT molecular complexity index is 748. The number of carbonyl (C=O) groups is 1. The molecule has 1 amide bonds. The second-order valence-electron chi connectivity index (χ2n) is 5.55. The average Bonchev–Trinajstić information content (AvgIpc) is 3.09. The molecule has 2 aromatic heterocycles. The van der Waals surface area contributed by atoms with Crippen LogP contribution in [-0.4, -0.2) is 32.4 Å². The molecule has 122 valence electrons. The number of fused-ring (bicyclic) bond motifs is 1. The largest absolute Gasteiger partial charge is 0.464 e. The third-order valence-electron chi connectivity index (χ3n) is 3.82. The number of carbonyl (C=O) groups excluding carboxylic acids is 1. The fourth-order valence-corrected chi connectivity index (χ4v) is 2.77. The number of anilines is 1. The molecule has 1 aliphatic heterocycles. The summed E-state index contributed by atoms with van der Waals surface area (Å²) in [5.41, 5.74) is 6.02. The van der Waals surface area contributed by atoms with Gasteiger partial charge in [0.25, 0.3) is 0 Å². The number of hydrogen-bond acceptors (Lipinski definition) is 6. The highest BCUT2D eigenvalue weighted by molar-refractivity contribution is 5.82. The van der Waals surface area contributed by atoms with Gasteiger partial charge in [-0.25, -0.2) is 4.68 Å². The van der Waals surface area contributed by atoms with E-state index in [1.165, 1.54) is 0 Å². The molecular formula is C15H19N5O3. The molecule has 0 saturated carbocycles. The van der Waals surface area contributed by atoms with Crippen molar-refractivity contribution < 1.29 is 14.3 Å². The van der Waals surface area contributed by atoms with Crippen molar-refractivity contribution in [3.05, 3.63) is 41.8 Å². The zero-order valence-corrected chi connectivity index (χ0v) is 12.8. The van der Waals surface area contributed by atoms with Gasteiger partial charge in [-0.1, -0.05) is 6.58 Å². The van der Waals surface area contributed by atoms with Crippen molar-refractivity contribution >= 4 is 11.9 Å². The molecule has 0 unspecified atom stereocenters. The van der Waals surface area contributed by atoms with Crippen LogP contribution in [0, 0.1) is 12.8 Å². The summed E-state index contributed by atoms with van der Waals surface area (Å²) < 4.78 is 7.30. The molecule has 0 aromatic carbocycles. The van der Waals surface area contributed by atoms with Crippen LogP contribution in [0.3, 0.4) is 0 Å². The minimum atomic E-state index is -0.694. The molecule has 23 heavy (non-hydrogen) atoms. The summed E-state index contributed by atoms with van der Waals surface area (Å²) in [5, 5.41) is 16.4. The number of rotatable bonds is 5. The van der Waals surface area contributed by atoms with Crippen LogP contribution >= 0.6 is 0 Å². The van der Waals surface area contributed by atoms with Crippen molar-refractivity contribution in [3.63, 3.8) is 0 Å². The maximum Gasteiger partial charge on any atom is 0.229 e. The van der Waals surface area contributed by atoms with Gasteiger partial charge in [-0.2, -0.15) is 10.1 Å². The highest BCUT2D eigenvalue weighted by Gasteiger charge is 2.40. The summed E-state index contributed by atoms with van der Waals surface area (Å²) in [6, 6.07) is 3.09. The van der Waals surface area contributed by atoms with E-state index in [4.69, 9.17) is 15.3 Å². The molecule has 0 saturated heterocycles. The monoisotopic (exact) mass is 317 g/mol. The van der Waals surface area contributed by atoms with Crippen LogP contribution in [0.1, 0.15) is 29.8 Å². The maximum atomic E-state index is 11.9. The highest BCUT2D eigenvalue weighted by Crippen LogP contribution is 2.37. The van der Waals surface area contributed by atoms with Crippen LogP contribution < -0.4 is 11.1 Å². The summed E-state index contributed by atoms with van der Waals surface area (Å²) in [6.45, 7) is 5.79. The average molecular weight is 317 g/mol. The van der Waals surface area contributed by atoms with Gasteiger partial charge in [0.05, 0.1) is 0 Å². The van der Waals surface area contributed by atoms with E-state index in [1.807, 2.05) is 13.0 Å². The fourth-order valence-electron chi connectivity index (χ4n) is 2.77. The van der Waals surface area contributed by atoms with Gasteiger partial charge in [-0.15, -0.1) is 0 Å². The Morgan fingerprint density at radius 1 is 1.57 bits per heavy atom. The lowest BCUT2D eigenvalue weighted by Crippen LogP contribution is -2.39. The molecule has 0 bridgehead atoms. The van der Waals surface area contributed by atoms with Gasteiger partial charge in [-0.3, -0.25) is 4.79 Å². The van der Waals surface area contributed by atoms with Gasteiger partial charge < -0.3 is 20.6 Å². The van der Waals surface area contributed by atoms with Crippen molar-refractivity contribution in [1.29, 1.82) is 0 Å². The first-order valence-electron chi connectivity index (χ1n) is 7.39. The smallest absolute Gasteiger partial charge is 0.229 e. The Balaban J connectivity index is 2.07. The predicted octanol–water partition coefficient (Wildman–Crippen LogP) is 0.735. The van der Waals surface area contributed by atoms with Gasteiger partial charge in [0.15, 0.2) is 5.82 Å². The first-order chi connectivity index (χ1) is 11.0. The molecular weight excluding hydrogens is 298 g/mol. The number of furan rings is 1. The lowest BCUT2D eigenvalue weighted by atomic mass is 9.92. The van der Waals surface area contributed by atoms with Crippen LogP contribution in [0.2, 0.25) is 0 Å². The molecule has 8 heteroatoms. The van der Waals surface area contributed by atoms with Crippen molar-refractivity contribution in [3.8, 4) is 0 Å². The number of nitrogens with two attached hydrogens (primary N) is 1. The second-order valence-corrected chi connectivity index (χ2v) is 5.55. The Labute approximate surface area is 133 Å². The molecule has 3 rings (SSSR count). The molecule has 2 atom stereocenters. The van der Waals surface area contributed by atoms with Crippen LogP contribution in [0.15, 0.2) is 28.8 Å². The summed E-state index contributed by atoms with van der Waals surface area (Å²) in [5.74, 6) is 1.16. The van der Waals surface area contributed by atoms with Gasteiger partial charge >= 0.3 is 0 Å². The highest BCUT2D eigenvalue weighted by atomic mass is 16.3. The molecule has 3 heterocycles. The van der Waals surface area contributed by atoms with E-state index in [0.717, 1.165) is 5.76 Å². The zero-order chi connectivity index (χ0) is 16.6. The van der Waals surface area contributed by atoms with E-state index in [0.29, 0.717) is 36.1 Å². The Kier molecular flexibility index (Phi) is 3.91. The molecule has 8 nitrogen and oxygen atoms in total. The number of aliphatic hydroxyl groups excluding tert-OH is 1. The topological polar surface area (TPSA) is 119 Å². The van der Waals surface area contributed by atoms with E-state index in [2.05, 4.69) is 22.0 Å². The molecule has 0 aliphatic carbocycles. The summed E-state index contributed by atoms with van der Waals surface area (Å²) in [6.07, 6.45) is 1.10. The third-order valence-corrected chi connectivity index (χ3v) is 3.82. The number of aromatic nitrogens is 3. The summed E-state index contributed by atoms with van der Waals surface area (Å²) >= 11 is 0. The van der Waals surface area contributed by atoms with E-state index in [-0.39, 0.29) is 6.61 Å². The second kappa shape index (κ2) is 5.88. The quantitative estimate of drug-likeness (QED) is 0.748. The predicted molar refractivity (Wildman–Crippen MR) is 82.5 cm³/mol. The van der Waals surface area contributed by atoms with E-state index < -0.39 is 17.9 Å². The Morgan fingerprint density at radius 3 is 2.96 bits per heavy atom. The van der Waals surface area contributed by atoms with Crippen molar-refractivity contribution in [2.75, 3.05) is 11.9 Å². The lowest BCUT2D eigenvalue weighted by molar-refractivity contribution is -0.121. The van der Waals surface area contributed by atoms with Crippen molar-refractivity contribution in [2.24, 2.45) is 11.7 Å². The summed E-state index contributed by atoms with van der Waals surface area (Å²) in [4.78, 5) is 16.3. The standard InChI is InChI=1S/C15H19N5O3/c1-8-5-6-10(23-8)13-12(14(16)22)9(2)17-15-18-11(4-3-7-21)19-20(13)15/h5-6,12-13,21H,2-4,7H2,1H3,(H2,16,22)(H,17,18,19)/t12-,13+/m0/s1. The first-order valence-corrected chi connectivity index (χ1v) is 7.39. The molecule has 2 aromatic rings. The summed E-state index contributed by atoms with van der Waals surface area (Å²) in [7, 11) is 0. The number of amides is 1. The Morgan fingerprint density at radius 2 is 2.35 bits per heavy atom. The van der Waals surface area contributed by atoms with Crippen LogP contribution in [0.5, 0.6) is 0 Å². The fraction of sp³-hybridized carbons (Fsp3) is 0.400. The van der Waals surface area contributed by atoms with E-state index >= 15 is 0 Å². The lowest BCUT2D eigenvalue weighted by Gasteiger charge is -2.31. The molecule has 0 fully saturated rings. The number of primary amides is 1. The molecule has 0 radical (unpaired) electrons. The van der Waals surface area contributed by atoms with E-state index in [9.17, 15) is 4.79 Å². The number of aliphatic hydroxyl groups is 1. The van der Waals surface area contributed by atoms with Gasteiger partial charge in [0.1, 0.15) is 23.5 Å². The number of nitrogens with one attached hydrogen (secondary N) is 1. The van der Waals surface area contributed by atoms with Gasteiger partial charge in [-0.05, 0) is 25.5 Å². The maximum absolute atomic E-state index is 11.9. The number of nitrogens with zero attached hydrogens (tertiary/aromatic N) is 3.